The highest BCUT2D eigenvalue weighted by molar-refractivity contribution is 5.54. The maximum absolute atomic E-state index is 11.2. The second-order valence-electron chi connectivity index (χ2n) is 9.99. The maximum atomic E-state index is 11.2. The Kier molecular flexibility index (Phi) is 5.94. The van der Waals surface area contributed by atoms with E-state index >= 15 is 0 Å². The average Bonchev–Trinajstić information content (AvgIpc) is 2.50. The predicted octanol–water partition coefficient (Wildman–Crippen LogP) is 5.16. The zero-order valence-electron chi connectivity index (χ0n) is 17.7. The van der Waals surface area contributed by atoms with Gasteiger partial charge in [-0.1, -0.05) is 59.3 Å². The third-order valence-electron chi connectivity index (χ3n) is 5.71. The van der Waals surface area contributed by atoms with Crippen LogP contribution >= 0.6 is 0 Å². The van der Waals surface area contributed by atoms with E-state index in [1.807, 2.05) is 0 Å². The lowest BCUT2D eigenvalue weighted by Gasteiger charge is -2.40. The van der Waals surface area contributed by atoms with E-state index in [1.54, 1.807) is 0 Å². The van der Waals surface area contributed by atoms with Crippen molar-refractivity contribution in [2.45, 2.75) is 79.8 Å². The second kappa shape index (κ2) is 7.36. The second-order valence-corrected chi connectivity index (χ2v) is 9.99. The van der Waals surface area contributed by atoms with Crippen molar-refractivity contribution in [3.8, 4) is 0 Å². The van der Waals surface area contributed by atoms with Crippen molar-refractivity contribution in [1.82, 2.24) is 0 Å². The summed E-state index contributed by atoms with van der Waals surface area (Å²) < 4.78 is 0. The summed E-state index contributed by atoms with van der Waals surface area (Å²) in [4.78, 5) is 0. The molecule has 0 amide bonds. The van der Waals surface area contributed by atoms with Gasteiger partial charge in [0.15, 0.2) is 0 Å². The molecule has 2 aliphatic rings. The Morgan fingerprint density at radius 2 is 1.73 bits per heavy atom. The summed E-state index contributed by atoms with van der Waals surface area (Å²) in [7, 11) is 0. The van der Waals surface area contributed by atoms with Crippen LogP contribution in [0, 0.1) is 16.7 Å². The Labute approximate surface area is 159 Å². The molecule has 0 aromatic carbocycles. The van der Waals surface area contributed by atoms with Crippen molar-refractivity contribution in [2.75, 3.05) is 0 Å². The molecule has 0 aromatic rings. The molecule has 0 saturated heterocycles. The molecule has 3 heteroatoms. The van der Waals surface area contributed by atoms with E-state index in [0.29, 0.717) is 5.76 Å². The van der Waals surface area contributed by atoms with Crippen LogP contribution in [-0.4, -0.2) is 17.2 Å². The van der Waals surface area contributed by atoms with Crippen molar-refractivity contribution in [1.29, 1.82) is 0 Å². The average molecular weight is 359 g/mol. The molecular weight excluding hydrogens is 320 g/mol. The van der Waals surface area contributed by atoms with Gasteiger partial charge >= 0.3 is 0 Å². The summed E-state index contributed by atoms with van der Waals surface area (Å²) in [6, 6.07) is -0.108. The third kappa shape index (κ3) is 4.15. The Bertz CT molecular complexity index is 665. The van der Waals surface area contributed by atoms with E-state index in [2.05, 4.69) is 66.7 Å². The minimum Gasteiger partial charge on any atom is -0.511 e. The molecule has 3 nitrogen and oxygen atoms in total. The number of aliphatic hydroxyl groups is 1. The lowest BCUT2D eigenvalue weighted by molar-refractivity contribution is 0.224. The molecule has 3 unspecified atom stereocenters. The van der Waals surface area contributed by atoms with Crippen LogP contribution in [0.25, 0.3) is 0 Å². The SMILES string of the molecule is CC=C1C(C(C)(C)C)=CC(C=C2CCCC(N)C2N)=C(O)C1C(C)(C)C. The van der Waals surface area contributed by atoms with Crippen LogP contribution in [0.5, 0.6) is 0 Å². The van der Waals surface area contributed by atoms with Crippen molar-refractivity contribution in [2.24, 2.45) is 28.2 Å². The lowest BCUT2D eigenvalue weighted by Crippen LogP contribution is -2.45. The van der Waals surface area contributed by atoms with Crippen LogP contribution in [0.15, 0.2) is 46.3 Å². The first-order chi connectivity index (χ1) is 11.9. The van der Waals surface area contributed by atoms with E-state index in [4.69, 9.17) is 11.5 Å². The van der Waals surface area contributed by atoms with Crippen LogP contribution in [-0.2, 0) is 0 Å². The smallest absolute Gasteiger partial charge is 0.107 e. The van der Waals surface area contributed by atoms with E-state index in [-0.39, 0.29) is 28.8 Å². The van der Waals surface area contributed by atoms with Crippen molar-refractivity contribution in [3.05, 3.63) is 46.3 Å². The fourth-order valence-corrected chi connectivity index (χ4v) is 4.28. The molecule has 26 heavy (non-hydrogen) atoms. The van der Waals surface area contributed by atoms with Gasteiger partial charge in [-0.2, -0.15) is 0 Å². The van der Waals surface area contributed by atoms with Gasteiger partial charge in [0.1, 0.15) is 5.76 Å². The molecule has 5 N–H and O–H groups in total. The zero-order valence-corrected chi connectivity index (χ0v) is 17.7. The van der Waals surface area contributed by atoms with Gasteiger partial charge < -0.3 is 16.6 Å². The first kappa shape index (κ1) is 21.0. The van der Waals surface area contributed by atoms with Gasteiger partial charge in [-0.3, -0.25) is 0 Å². The zero-order chi connectivity index (χ0) is 19.9. The fourth-order valence-electron chi connectivity index (χ4n) is 4.28. The highest BCUT2D eigenvalue weighted by Gasteiger charge is 2.39. The van der Waals surface area contributed by atoms with Crippen LogP contribution in [0.4, 0.5) is 0 Å². The summed E-state index contributed by atoms with van der Waals surface area (Å²) in [5, 5.41) is 11.2. The van der Waals surface area contributed by atoms with Crippen LogP contribution in [0.3, 0.4) is 0 Å². The molecule has 0 spiro atoms. The van der Waals surface area contributed by atoms with Crippen LogP contribution in [0.1, 0.15) is 67.7 Å². The Morgan fingerprint density at radius 3 is 2.23 bits per heavy atom. The number of rotatable bonds is 1. The van der Waals surface area contributed by atoms with Gasteiger partial charge in [0, 0.05) is 23.6 Å². The standard InChI is InChI=1S/C23H38N2O/c1-8-16-17(22(2,3)4)13-15(21(26)19(16)23(5,6)7)12-14-10-9-11-18(24)20(14)25/h8,12-13,18-20,26H,9-11,24-25H2,1-7H3. The first-order valence-electron chi connectivity index (χ1n) is 9.91. The van der Waals surface area contributed by atoms with E-state index in [1.165, 1.54) is 11.1 Å². The van der Waals surface area contributed by atoms with Gasteiger partial charge in [0.2, 0.25) is 0 Å². The number of nitrogens with two attached hydrogens (primary N) is 2. The van der Waals surface area contributed by atoms with Crippen molar-refractivity contribution >= 4 is 0 Å². The van der Waals surface area contributed by atoms with E-state index in [0.717, 1.165) is 30.4 Å². The molecule has 0 radical (unpaired) electrons. The Balaban J connectivity index is 2.63. The Hall–Kier alpha value is -1.32. The largest absolute Gasteiger partial charge is 0.511 e. The number of hydrogen-bond acceptors (Lipinski definition) is 3. The first-order valence-corrected chi connectivity index (χ1v) is 9.91. The highest BCUT2D eigenvalue weighted by Crippen LogP contribution is 2.48. The van der Waals surface area contributed by atoms with Gasteiger partial charge in [-0.15, -0.1) is 0 Å². The number of hydrogen-bond donors (Lipinski definition) is 3. The molecule has 0 bridgehead atoms. The van der Waals surface area contributed by atoms with Gasteiger partial charge in [-0.25, -0.2) is 0 Å². The van der Waals surface area contributed by atoms with Crippen LogP contribution in [0.2, 0.25) is 0 Å². The van der Waals surface area contributed by atoms with Crippen molar-refractivity contribution < 1.29 is 5.11 Å². The molecule has 0 aromatic heterocycles. The van der Waals surface area contributed by atoms with Gasteiger partial charge in [0.25, 0.3) is 0 Å². The lowest BCUT2D eigenvalue weighted by atomic mass is 9.65. The highest BCUT2D eigenvalue weighted by atomic mass is 16.3. The summed E-state index contributed by atoms with van der Waals surface area (Å²) >= 11 is 0. The molecule has 0 aliphatic heterocycles. The molecule has 0 heterocycles. The van der Waals surface area contributed by atoms with E-state index < -0.39 is 0 Å². The summed E-state index contributed by atoms with van der Waals surface area (Å²) in [5.74, 6) is 0.435. The summed E-state index contributed by atoms with van der Waals surface area (Å²) in [5.41, 5.74) is 17.0. The molecule has 2 rings (SSSR count). The minimum absolute atomic E-state index is 0.000877. The number of aliphatic hydroxyl groups excluding tert-OH is 1. The normalized spacial score (nSPS) is 31.6. The van der Waals surface area contributed by atoms with Gasteiger partial charge in [0.05, 0.1) is 0 Å². The Morgan fingerprint density at radius 1 is 1.12 bits per heavy atom. The third-order valence-corrected chi connectivity index (χ3v) is 5.71. The summed E-state index contributed by atoms with van der Waals surface area (Å²) in [6.45, 7) is 15.3. The van der Waals surface area contributed by atoms with Crippen molar-refractivity contribution in [3.63, 3.8) is 0 Å². The topological polar surface area (TPSA) is 72.3 Å². The predicted molar refractivity (Wildman–Crippen MR) is 112 cm³/mol. The fraction of sp³-hybridized carbons (Fsp3) is 0.652. The molecule has 3 atom stereocenters. The molecule has 1 fully saturated rings. The van der Waals surface area contributed by atoms with Gasteiger partial charge in [-0.05, 0) is 54.2 Å². The molecule has 1 saturated carbocycles. The van der Waals surface area contributed by atoms with E-state index in [9.17, 15) is 5.11 Å². The molecule has 2 aliphatic carbocycles. The quantitative estimate of drug-likeness (QED) is 0.606. The monoisotopic (exact) mass is 358 g/mol. The molecular formula is C23H38N2O. The summed E-state index contributed by atoms with van der Waals surface area (Å²) in [6.07, 6.45) is 9.42. The minimum atomic E-state index is -0.119. The maximum Gasteiger partial charge on any atom is 0.107 e. The van der Waals surface area contributed by atoms with Crippen LogP contribution < -0.4 is 11.5 Å². The number of allylic oxidation sites excluding steroid dienone is 6. The molecule has 146 valence electrons.